The summed E-state index contributed by atoms with van der Waals surface area (Å²) < 4.78 is 15.0. The molecular formula is C23H26FN5O2. The van der Waals surface area contributed by atoms with Crippen molar-refractivity contribution >= 4 is 28.5 Å². The van der Waals surface area contributed by atoms with E-state index in [9.17, 15) is 14.0 Å². The van der Waals surface area contributed by atoms with Gasteiger partial charge in [0.1, 0.15) is 18.2 Å². The van der Waals surface area contributed by atoms with E-state index in [1.165, 1.54) is 24.3 Å². The molecule has 162 valence electrons. The lowest BCUT2D eigenvalue weighted by Gasteiger charge is -2.34. The lowest BCUT2D eigenvalue weighted by atomic mass is 10.2. The zero-order valence-electron chi connectivity index (χ0n) is 17.6. The van der Waals surface area contributed by atoms with Crippen LogP contribution in [0, 0.1) is 5.82 Å². The molecule has 1 aliphatic heterocycles. The molecule has 0 aliphatic carbocycles. The highest BCUT2D eigenvalue weighted by atomic mass is 19.1. The first-order valence-electron chi connectivity index (χ1n) is 10.5. The molecule has 7 nitrogen and oxygen atoms in total. The van der Waals surface area contributed by atoms with Crippen molar-refractivity contribution in [2.75, 3.05) is 38.0 Å². The van der Waals surface area contributed by atoms with Gasteiger partial charge in [-0.3, -0.25) is 14.5 Å². The van der Waals surface area contributed by atoms with Crippen LogP contribution in [-0.4, -0.2) is 63.9 Å². The van der Waals surface area contributed by atoms with Crippen LogP contribution < -0.4 is 5.32 Å². The van der Waals surface area contributed by atoms with Crippen molar-refractivity contribution in [2.24, 2.45) is 0 Å². The predicted octanol–water partition coefficient (Wildman–Crippen LogP) is 2.52. The number of para-hydroxylation sites is 2. The van der Waals surface area contributed by atoms with E-state index in [0.717, 1.165) is 23.3 Å². The maximum absolute atomic E-state index is 13.0. The number of aromatic nitrogens is 2. The van der Waals surface area contributed by atoms with Crippen LogP contribution in [-0.2, 0) is 22.6 Å². The van der Waals surface area contributed by atoms with Crippen LogP contribution in [0.15, 0.2) is 48.5 Å². The molecule has 0 saturated carbocycles. The van der Waals surface area contributed by atoms with Crippen LogP contribution >= 0.6 is 0 Å². The Morgan fingerprint density at radius 1 is 1.00 bits per heavy atom. The first-order chi connectivity index (χ1) is 15.0. The van der Waals surface area contributed by atoms with Crippen LogP contribution in [0.25, 0.3) is 11.0 Å². The van der Waals surface area contributed by atoms with Crippen molar-refractivity contribution in [2.45, 2.75) is 19.9 Å². The number of anilines is 1. The molecule has 4 rings (SSSR count). The molecule has 1 fully saturated rings. The number of halogens is 1. The Labute approximate surface area is 180 Å². The van der Waals surface area contributed by atoms with Crippen molar-refractivity contribution in [3.63, 3.8) is 0 Å². The Kier molecular flexibility index (Phi) is 6.27. The van der Waals surface area contributed by atoms with E-state index in [-0.39, 0.29) is 30.7 Å². The van der Waals surface area contributed by atoms with Gasteiger partial charge in [-0.15, -0.1) is 0 Å². The maximum atomic E-state index is 13.0. The van der Waals surface area contributed by atoms with Crippen LogP contribution in [0.2, 0.25) is 0 Å². The number of carbonyl (C=O) groups excluding carboxylic acids is 2. The van der Waals surface area contributed by atoms with E-state index >= 15 is 0 Å². The Morgan fingerprint density at radius 3 is 2.42 bits per heavy atom. The molecule has 1 aromatic heterocycles. The van der Waals surface area contributed by atoms with Gasteiger partial charge >= 0.3 is 0 Å². The Balaban J connectivity index is 1.30. The van der Waals surface area contributed by atoms with Crippen LogP contribution in [0.5, 0.6) is 0 Å². The van der Waals surface area contributed by atoms with E-state index in [1.807, 2.05) is 45.6 Å². The summed E-state index contributed by atoms with van der Waals surface area (Å²) in [4.78, 5) is 33.7. The lowest BCUT2D eigenvalue weighted by molar-refractivity contribution is -0.133. The van der Waals surface area contributed by atoms with E-state index < -0.39 is 0 Å². The zero-order valence-corrected chi connectivity index (χ0v) is 17.6. The summed E-state index contributed by atoms with van der Waals surface area (Å²) in [6, 6.07) is 13.6. The first-order valence-corrected chi connectivity index (χ1v) is 10.5. The largest absolute Gasteiger partial charge is 0.339 e. The van der Waals surface area contributed by atoms with E-state index in [1.54, 1.807) is 0 Å². The van der Waals surface area contributed by atoms with Gasteiger partial charge < -0.3 is 14.8 Å². The minimum atomic E-state index is -0.339. The van der Waals surface area contributed by atoms with Gasteiger partial charge in [-0.1, -0.05) is 19.1 Å². The molecule has 8 heteroatoms. The van der Waals surface area contributed by atoms with Crippen molar-refractivity contribution in [3.8, 4) is 0 Å². The molecule has 1 saturated heterocycles. The summed E-state index contributed by atoms with van der Waals surface area (Å²) in [5, 5.41) is 2.77. The standard InChI is InChI=1S/C23H26FN5O2/c1-2-21-26-19-5-3-4-6-20(19)29(21)16-23(31)28-13-11-27(12-14-28)15-22(30)25-18-9-7-17(24)8-10-18/h3-10H,2,11-16H2,1H3,(H,25,30). The third-order valence-electron chi connectivity index (χ3n) is 5.56. The molecule has 0 spiro atoms. The monoisotopic (exact) mass is 423 g/mol. The number of benzene rings is 2. The van der Waals surface area contributed by atoms with Crippen molar-refractivity contribution in [1.29, 1.82) is 0 Å². The van der Waals surface area contributed by atoms with Crippen LogP contribution in [0.4, 0.5) is 10.1 Å². The van der Waals surface area contributed by atoms with E-state index in [4.69, 9.17) is 0 Å². The fourth-order valence-electron chi connectivity index (χ4n) is 3.90. The van der Waals surface area contributed by atoms with Crippen LogP contribution in [0.3, 0.4) is 0 Å². The summed E-state index contributed by atoms with van der Waals surface area (Å²) in [5.41, 5.74) is 2.45. The van der Waals surface area contributed by atoms with E-state index in [0.29, 0.717) is 31.9 Å². The molecule has 1 N–H and O–H groups in total. The Morgan fingerprint density at radius 2 is 1.71 bits per heavy atom. The molecule has 0 atom stereocenters. The first kappa shape index (κ1) is 21.0. The number of nitrogens with one attached hydrogen (secondary N) is 1. The second kappa shape index (κ2) is 9.26. The maximum Gasteiger partial charge on any atom is 0.242 e. The zero-order chi connectivity index (χ0) is 21.8. The number of aryl methyl sites for hydroxylation is 1. The number of imidazole rings is 1. The van der Waals surface area contributed by atoms with Crippen molar-refractivity contribution in [3.05, 3.63) is 60.2 Å². The predicted molar refractivity (Wildman–Crippen MR) is 117 cm³/mol. The molecule has 0 unspecified atom stereocenters. The molecule has 31 heavy (non-hydrogen) atoms. The second-order valence-corrected chi connectivity index (χ2v) is 7.67. The molecule has 1 aliphatic rings. The summed E-state index contributed by atoms with van der Waals surface area (Å²) in [5.74, 6) is 0.483. The number of hydrogen-bond donors (Lipinski definition) is 1. The van der Waals surface area contributed by atoms with E-state index in [2.05, 4.69) is 10.3 Å². The Hall–Kier alpha value is -3.26. The summed E-state index contributed by atoms with van der Waals surface area (Å²) in [6.07, 6.45) is 0.763. The smallest absolute Gasteiger partial charge is 0.242 e. The topological polar surface area (TPSA) is 70.5 Å². The number of fused-ring (bicyclic) bond motifs is 1. The SMILES string of the molecule is CCc1nc2ccccc2n1CC(=O)N1CCN(CC(=O)Nc2ccc(F)cc2)CC1. The number of amides is 2. The van der Waals surface area contributed by atoms with Crippen molar-refractivity contribution in [1.82, 2.24) is 19.4 Å². The van der Waals surface area contributed by atoms with Gasteiger partial charge in [-0.25, -0.2) is 9.37 Å². The van der Waals surface area contributed by atoms with Gasteiger partial charge in [-0.05, 0) is 36.4 Å². The molecule has 0 radical (unpaired) electrons. The number of hydrogen-bond acceptors (Lipinski definition) is 4. The minimum absolute atomic E-state index is 0.0632. The number of nitrogens with zero attached hydrogens (tertiary/aromatic N) is 4. The van der Waals surface area contributed by atoms with Gasteiger partial charge in [0.25, 0.3) is 0 Å². The fraction of sp³-hybridized carbons (Fsp3) is 0.348. The number of rotatable bonds is 6. The average Bonchev–Trinajstić information content (AvgIpc) is 3.13. The van der Waals surface area contributed by atoms with Gasteiger partial charge in [0.2, 0.25) is 11.8 Å². The van der Waals surface area contributed by atoms with Crippen LogP contribution in [0.1, 0.15) is 12.7 Å². The lowest BCUT2D eigenvalue weighted by Crippen LogP contribution is -2.51. The normalized spacial score (nSPS) is 14.7. The quantitative estimate of drug-likeness (QED) is 0.662. The summed E-state index contributed by atoms with van der Waals surface area (Å²) in [7, 11) is 0. The summed E-state index contributed by atoms with van der Waals surface area (Å²) >= 11 is 0. The molecule has 0 bridgehead atoms. The Bertz CT molecular complexity index is 1070. The average molecular weight is 423 g/mol. The number of carbonyl (C=O) groups is 2. The van der Waals surface area contributed by atoms with Crippen molar-refractivity contribution < 1.29 is 14.0 Å². The molecule has 2 heterocycles. The van der Waals surface area contributed by atoms with Gasteiger partial charge in [0, 0.05) is 38.3 Å². The van der Waals surface area contributed by atoms with Gasteiger partial charge in [0.15, 0.2) is 0 Å². The third kappa shape index (κ3) is 4.91. The van der Waals surface area contributed by atoms with Gasteiger partial charge in [0.05, 0.1) is 17.6 Å². The molecule has 3 aromatic rings. The molecule has 2 aromatic carbocycles. The highest BCUT2D eigenvalue weighted by Gasteiger charge is 2.23. The van der Waals surface area contributed by atoms with Gasteiger partial charge in [-0.2, -0.15) is 0 Å². The molecular weight excluding hydrogens is 397 g/mol. The minimum Gasteiger partial charge on any atom is -0.339 e. The highest BCUT2D eigenvalue weighted by molar-refractivity contribution is 5.92. The number of piperazine rings is 1. The fourth-order valence-corrected chi connectivity index (χ4v) is 3.90. The molecule has 2 amide bonds. The second-order valence-electron chi connectivity index (χ2n) is 7.67. The highest BCUT2D eigenvalue weighted by Crippen LogP contribution is 2.17. The third-order valence-corrected chi connectivity index (χ3v) is 5.56. The summed E-state index contributed by atoms with van der Waals surface area (Å²) in [6.45, 7) is 4.98.